The number of hydrogen-bond donors (Lipinski definition) is 1. The second-order valence-corrected chi connectivity index (χ2v) is 6.26. The highest BCUT2D eigenvalue weighted by Crippen LogP contribution is 2.15. The monoisotopic (exact) mass is 326 g/mol. The summed E-state index contributed by atoms with van der Waals surface area (Å²) >= 11 is 0. The number of benzene rings is 1. The number of carbonyl (C=O) groups is 1. The molecule has 0 aliphatic rings. The minimum absolute atomic E-state index is 0.130. The average molecular weight is 326 g/mol. The van der Waals surface area contributed by atoms with Crippen molar-refractivity contribution in [2.75, 3.05) is 4.90 Å². The Morgan fingerprint density at radius 1 is 1.12 bits per heavy atom. The molecule has 1 amide bonds. The van der Waals surface area contributed by atoms with Crippen LogP contribution in [-0.2, 0) is 6.54 Å². The second kappa shape index (κ2) is 8.43. The van der Waals surface area contributed by atoms with Gasteiger partial charge in [-0.25, -0.2) is 9.97 Å². The van der Waals surface area contributed by atoms with Crippen molar-refractivity contribution in [1.82, 2.24) is 15.3 Å². The molecule has 1 aromatic heterocycles. The van der Waals surface area contributed by atoms with Crippen LogP contribution in [0.25, 0.3) is 0 Å². The number of amides is 1. The van der Waals surface area contributed by atoms with Crippen LogP contribution in [0.5, 0.6) is 0 Å². The number of aromatic nitrogens is 2. The summed E-state index contributed by atoms with van der Waals surface area (Å²) in [5.74, 6) is 0.504. The lowest BCUT2D eigenvalue weighted by Crippen LogP contribution is -2.33. The lowest BCUT2D eigenvalue weighted by molar-refractivity contribution is 0.0938. The highest BCUT2D eigenvalue weighted by Gasteiger charge is 2.15. The molecule has 1 N–H and O–H groups in total. The number of rotatable bonds is 7. The van der Waals surface area contributed by atoms with Crippen molar-refractivity contribution in [3.8, 4) is 0 Å². The Labute approximate surface area is 144 Å². The molecule has 0 aliphatic heterocycles. The van der Waals surface area contributed by atoms with Gasteiger partial charge in [-0.3, -0.25) is 4.79 Å². The molecule has 24 heavy (non-hydrogen) atoms. The maximum absolute atomic E-state index is 12.1. The molecule has 1 heterocycles. The molecule has 1 atom stereocenters. The molecule has 1 unspecified atom stereocenters. The topological polar surface area (TPSA) is 58.1 Å². The van der Waals surface area contributed by atoms with Gasteiger partial charge in [0.05, 0.1) is 5.56 Å². The first-order chi connectivity index (χ1) is 11.5. The van der Waals surface area contributed by atoms with E-state index in [-0.39, 0.29) is 18.0 Å². The van der Waals surface area contributed by atoms with Crippen LogP contribution in [0.3, 0.4) is 0 Å². The number of nitrogens with zero attached hydrogens (tertiary/aromatic N) is 3. The Bertz CT molecular complexity index is 640. The summed E-state index contributed by atoms with van der Waals surface area (Å²) in [4.78, 5) is 23.0. The fourth-order valence-electron chi connectivity index (χ4n) is 2.26. The van der Waals surface area contributed by atoms with E-state index in [0.29, 0.717) is 11.5 Å². The normalized spacial score (nSPS) is 12.0. The van der Waals surface area contributed by atoms with Gasteiger partial charge >= 0.3 is 0 Å². The predicted molar refractivity (Wildman–Crippen MR) is 97.0 cm³/mol. The van der Waals surface area contributed by atoms with Crippen molar-refractivity contribution < 1.29 is 4.79 Å². The summed E-state index contributed by atoms with van der Waals surface area (Å²) in [6.45, 7) is 8.96. The van der Waals surface area contributed by atoms with Crippen molar-refractivity contribution in [2.45, 2.75) is 52.7 Å². The Balaban J connectivity index is 2.13. The van der Waals surface area contributed by atoms with Crippen molar-refractivity contribution >= 4 is 11.9 Å². The van der Waals surface area contributed by atoms with Crippen LogP contribution in [0.15, 0.2) is 42.7 Å². The maximum atomic E-state index is 12.1. The highest BCUT2D eigenvalue weighted by atomic mass is 16.1. The first-order valence-electron chi connectivity index (χ1n) is 8.44. The molecular formula is C19H26N4O. The Morgan fingerprint density at radius 2 is 1.75 bits per heavy atom. The minimum atomic E-state index is -0.130. The van der Waals surface area contributed by atoms with Gasteiger partial charge in [0.1, 0.15) is 0 Å². The third-order valence-corrected chi connectivity index (χ3v) is 3.97. The minimum Gasteiger partial charge on any atom is -0.350 e. The summed E-state index contributed by atoms with van der Waals surface area (Å²) in [5, 5.41) is 2.92. The van der Waals surface area contributed by atoms with Crippen molar-refractivity contribution in [3.63, 3.8) is 0 Å². The van der Waals surface area contributed by atoms with Gasteiger partial charge in [-0.15, -0.1) is 0 Å². The smallest absolute Gasteiger partial charge is 0.254 e. The van der Waals surface area contributed by atoms with Gasteiger partial charge in [-0.1, -0.05) is 37.3 Å². The van der Waals surface area contributed by atoms with Gasteiger partial charge in [0.25, 0.3) is 5.91 Å². The summed E-state index contributed by atoms with van der Waals surface area (Å²) < 4.78 is 0. The third-order valence-electron chi connectivity index (χ3n) is 3.97. The zero-order valence-electron chi connectivity index (χ0n) is 14.9. The SMILES string of the molecule is CCC(C)NC(=O)c1cnc(N(Cc2ccccc2)C(C)C)nc1. The van der Waals surface area contributed by atoms with E-state index in [1.165, 1.54) is 5.56 Å². The fourth-order valence-corrected chi connectivity index (χ4v) is 2.26. The Kier molecular flexibility index (Phi) is 6.29. The molecule has 0 saturated heterocycles. The standard InChI is InChI=1S/C19H26N4O/c1-5-15(4)22-18(24)17-11-20-19(21-12-17)23(14(2)3)13-16-9-7-6-8-10-16/h6-12,14-15H,5,13H2,1-4H3,(H,22,24). The molecule has 2 aromatic rings. The van der Waals surface area contributed by atoms with Crippen molar-refractivity contribution in [1.29, 1.82) is 0 Å². The molecule has 0 spiro atoms. The maximum Gasteiger partial charge on any atom is 0.254 e. The Morgan fingerprint density at radius 3 is 2.29 bits per heavy atom. The van der Waals surface area contributed by atoms with Crippen LogP contribution in [0.4, 0.5) is 5.95 Å². The van der Waals surface area contributed by atoms with Gasteiger partial charge in [0.15, 0.2) is 0 Å². The van der Waals surface area contributed by atoms with Crippen LogP contribution in [0.1, 0.15) is 50.0 Å². The van der Waals surface area contributed by atoms with E-state index in [1.54, 1.807) is 12.4 Å². The molecule has 1 aromatic carbocycles. The lowest BCUT2D eigenvalue weighted by Gasteiger charge is -2.26. The first kappa shape index (κ1) is 17.9. The number of hydrogen-bond acceptors (Lipinski definition) is 4. The molecule has 2 rings (SSSR count). The molecule has 0 bridgehead atoms. The molecular weight excluding hydrogens is 300 g/mol. The zero-order valence-corrected chi connectivity index (χ0v) is 14.9. The van der Waals surface area contributed by atoms with Crippen LogP contribution >= 0.6 is 0 Å². The fraction of sp³-hybridized carbons (Fsp3) is 0.421. The van der Waals surface area contributed by atoms with Gasteiger partial charge in [0, 0.05) is 31.0 Å². The van der Waals surface area contributed by atoms with E-state index in [1.807, 2.05) is 32.0 Å². The number of anilines is 1. The summed E-state index contributed by atoms with van der Waals surface area (Å²) in [7, 11) is 0. The molecule has 0 aliphatic carbocycles. The molecule has 0 fully saturated rings. The quantitative estimate of drug-likeness (QED) is 0.847. The lowest BCUT2D eigenvalue weighted by atomic mass is 10.2. The summed E-state index contributed by atoms with van der Waals surface area (Å²) in [5.41, 5.74) is 1.69. The van der Waals surface area contributed by atoms with Gasteiger partial charge < -0.3 is 10.2 Å². The first-order valence-corrected chi connectivity index (χ1v) is 8.44. The van der Waals surface area contributed by atoms with Gasteiger partial charge in [0.2, 0.25) is 5.95 Å². The number of nitrogens with one attached hydrogen (secondary N) is 1. The highest BCUT2D eigenvalue weighted by molar-refractivity contribution is 5.93. The molecule has 0 saturated carbocycles. The molecule has 0 radical (unpaired) electrons. The van der Waals surface area contributed by atoms with E-state index >= 15 is 0 Å². The molecule has 5 heteroatoms. The van der Waals surface area contributed by atoms with Crippen LogP contribution in [0.2, 0.25) is 0 Å². The average Bonchev–Trinajstić information content (AvgIpc) is 2.60. The van der Waals surface area contributed by atoms with Gasteiger partial charge in [-0.05, 0) is 32.8 Å². The number of carbonyl (C=O) groups excluding carboxylic acids is 1. The zero-order chi connectivity index (χ0) is 17.5. The van der Waals surface area contributed by atoms with E-state index in [4.69, 9.17) is 0 Å². The van der Waals surface area contributed by atoms with Crippen molar-refractivity contribution in [2.24, 2.45) is 0 Å². The van der Waals surface area contributed by atoms with Crippen LogP contribution < -0.4 is 10.2 Å². The van der Waals surface area contributed by atoms with E-state index in [2.05, 4.69) is 46.2 Å². The van der Waals surface area contributed by atoms with Crippen molar-refractivity contribution in [3.05, 3.63) is 53.9 Å². The Hall–Kier alpha value is -2.43. The van der Waals surface area contributed by atoms with Gasteiger partial charge in [-0.2, -0.15) is 0 Å². The predicted octanol–water partition coefficient (Wildman–Crippen LogP) is 3.42. The van der Waals surface area contributed by atoms with Crippen LogP contribution in [0, 0.1) is 0 Å². The van der Waals surface area contributed by atoms with E-state index in [0.717, 1.165) is 13.0 Å². The van der Waals surface area contributed by atoms with E-state index < -0.39 is 0 Å². The molecule has 5 nitrogen and oxygen atoms in total. The van der Waals surface area contributed by atoms with E-state index in [9.17, 15) is 4.79 Å². The largest absolute Gasteiger partial charge is 0.350 e. The van der Waals surface area contributed by atoms with Crippen LogP contribution in [-0.4, -0.2) is 28.0 Å². The summed E-state index contributed by atoms with van der Waals surface area (Å²) in [6.07, 6.45) is 4.09. The third kappa shape index (κ3) is 4.78. The summed E-state index contributed by atoms with van der Waals surface area (Å²) in [6, 6.07) is 10.6. The molecule has 128 valence electrons. The second-order valence-electron chi connectivity index (χ2n) is 6.26.